The molecule has 2 aromatic rings. The number of aromatic amines is 1. The lowest BCUT2D eigenvalue weighted by atomic mass is 10.1. The third-order valence-corrected chi connectivity index (χ3v) is 2.80. The number of aromatic nitrogens is 3. The molecule has 0 aliphatic carbocycles. The molecule has 3 nitrogen and oxygen atoms in total. The van der Waals surface area contributed by atoms with E-state index in [0.29, 0.717) is 0 Å². The topological polar surface area (TPSA) is 41.6 Å². The van der Waals surface area contributed by atoms with E-state index < -0.39 is 0 Å². The fourth-order valence-corrected chi connectivity index (χ4v) is 1.87. The van der Waals surface area contributed by atoms with Crippen molar-refractivity contribution in [1.29, 1.82) is 0 Å². The number of nitrogens with zero attached hydrogens (tertiary/aromatic N) is 2. The Kier molecular flexibility index (Phi) is 3.54. The van der Waals surface area contributed by atoms with Crippen LogP contribution in [0.4, 0.5) is 0 Å². The molecule has 0 unspecified atom stereocenters. The number of unbranched alkanes of at least 4 members (excludes halogenated alkanes) is 3. The van der Waals surface area contributed by atoms with Gasteiger partial charge in [-0.05, 0) is 25.5 Å². The molecule has 3 heteroatoms. The number of rotatable bonds is 5. The van der Waals surface area contributed by atoms with Gasteiger partial charge in [0.1, 0.15) is 5.82 Å². The third kappa shape index (κ3) is 2.60. The van der Waals surface area contributed by atoms with Crippen molar-refractivity contribution in [3.63, 3.8) is 0 Å². The second-order valence-electron chi connectivity index (χ2n) is 4.32. The molecule has 1 N–H and O–H groups in total. The van der Waals surface area contributed by atoms with Gasteiger partial charge < -0.3 is 4.98 Å². The van der Waals surface area contributed by atoms with E-state index in [4.69, 9.17) is 0 Å². The summed E-state index contributed by atoms with van der Waals surface area (Å²) < 4.78 is 0. The molecule has 0 saturated carbocycles. The van der Waals surface area contributed by atoms with E-state index in [1.807, 2.05) is 13.0 Å². The summed E-state index contributed by atoms with van der Waals surface area (Å²) in [5, 5.41) is 0. The first-order valence-electron chi connectivity index (χ1n) is 6.12. The van der Waals surface area contributed by atoms with E-state index >= 15 is 0 Å². The first kappa shape index (κ1) is 11.1. The predicted molar refractivity (Wildman–Crippen MR) is 66.5 cm³/mol. The molecule has 0 fully saturated rings. The normalized spacial score (nSPS) is 11.1. The van der Waals surface area contributed by atoms with Gasteiger partial charge in [-0.1, -0.05) is 26.2 Å². The Balaban J connectivity index is 2.02. The number of fused-ring (bicyclic) bond motifs is 1. The van der Waals surface area contributed by atoms with Gasteiger partial charge in [0.25, 0.3) is 0 Å². The number of hydrogen-bond donors (Lipinski definition) is 1. The Morgan fingerprint density at radius 3 is 2.81 bits per heavy atom. The van der Waals surface area contributed by atoms with Gasteiger partial charge in [-0.3, -0.25) is 0 Å². The Hall–Kier alpha value is -1.38. The van der Waals surface area contributed by atoms with Crippen LogP contribution in [0, 0.1) is 6.92 Å². The van der Waals surface area contributed by atoms with Gasteiger partial charge in [-0.25, -0.2) is 9.97 Å². The van der Waals surface area contributed by atoms with Gasteiger partial charge in [-0.15, -0.1) is 0 Å². The summed E-state index contributed by atoms with van der Waals surface area (Å²) in [6.45, 7) is 4.23. The molecule has 86 valence electrons. The molecular weight excluding hydrogens is 198 g/mol. The van der Waals surface area contributed by atoms with Crippen molar-refractivity contribution in [3.8, 4) is 0 Å². The van der Waals surface area contributed by atoms with E-state index in [1.54, 1.807) is 0 Å². The van der Waals surface area contributed by atoms with Crippen LogP contribution in [0.25, 0.3) is 11.2 Å². The Morgan fingerprint density at radius 2 is 2.00 bits per heavy atom. The predicted octanol–water partition coefficient (Wildman–Crippen LogP) is 3.39. The molecule has 0 saturated heterocycles. The van der Waals surface area contributed by atoms with Crippen molar-refractivity contribution in [1.82, 2.24) is 15.0 Å². The van der Waals surface area contributed by atoms with Crippen molar-refractivity contribution in [2.45, 2.75) is 46.0 Å². The summed E-state index contributed by atoms with van der Waals surface area (Å²) in [6, 6.07) is 4.07. The van der Waals surface area contributed by atoms with Gasteiger partial charge in [0.2, 0.25) is 0 Å². The third-order valence-electron chi connectivity index (χ3n) is 2.80. The molecule has 2 heterocycles. The van der Waals surface area contributed by atoms with Crippen LogP contribution in [0.3, 0.4) is 0 Å². The minimum absolute atomic E-state index is 0.852. The van der Waals surface area contributed by atoms with Gasteiger partial charge >= 0.3 is 0 Å². The van der Waals surface area contributed by atoms with Crippen LogP contribution in [0.2, 0.25) is 0 Å². The zero-order valence-electron chi connectivity index (χ0n) is 10.1. The summed E-state index contributed by atoms with van der Waals surface area (Å²) in [5.74, 6) is 1.07. The van der Waals surface area contributed by atoms with Crippen LogP contribution < -0.4 is 0 Å². The number of nitrogens with one attached hydrogen (secondary N) is 1. The van der Waals surface area contributed by atoms with Gasteiger partial charge in [0, 0.05) is 12.1 Å². The summed E-state index contributed by atoms with van der Waals surface area (Å²) >= 11 is 0. The van der Waals surface area contributed by atoms with Crippen LogP contribution in [-0.2, 0) is 6.42 Å². The molecule has 0 amide bonds. The first-order valence-corrected chi connectivity index (χ1v) is 6.12. The largest absolute Gasteiger partial charge is 0.341 e. The SMILES string of the molecule is CCCCCCc1nc2nc(C)ccc2[nH]1. The summed E-state index contributed by atoms with van der Waals surface area (Å²) in [4.78, 5) is 12.2. The van der Waals surface area contributed by atoms with Gasteiger partial charge in [0.15, 0.2) is 5.65 Å². The van der Waals surface area contributed by atoms with Crippen molar-refractivity contribution < 1.29 is 0 Å². The molecule has 0 radical (unpaired) electrons. The van der Waals surface area contributed by atoms with Crippen molar-refractivity contribution in [2.75, 3.05) is 0 Å². The Bertz CT molecular complexity index is 459. The second kappa shape index (κ2) is 5.10. The fourth-order valence-electron chi connectivity index (χ4n) is 1.87. The van der Waals surface area contributed by atoms with Crippen LogP contribution in [0.5, 0.6) is 0 Å². The van der Waals surface area contributed by atoms with E-state index in [1.165, 1.54) is 25.7 Å². The molecular formula is C13H19N3. The smallest absolute Gasteiger partial charge is 0.177 e. The van der Waals surface area contributed by atoms with Crippen LogP contribution in [0.1, 0.15) is 44.1 Å². The van der Waals surface area contributed by atoms with Crippen LogP contribution in [-0.4, -0.2) is 15.0 Å². The van der Waals surface area contributed by atoms with Crippen molar-refractivity contribution >= 4 is 11.2 Å². The molecule has 0 aromatic carbocycles. The maximum atomic E-state index is 4.50. The molecule has 0 aliphatic rings. The average molecular weight is 217 g/mol. The van der Waals surface area contributed by atoms with Crippen molar-refractivity contribution in [3.05, 3.63) is 23.7 Å². The first-order chi connectivity index (χ1) is 7.79. The fraction of sp³-hybridized carbons (Fsp3) is 0.538. The zero-order chi connectivity index (χ0) is 11.4. The number of aryl methyl sites for hydroxylation is 2. The van der Waals surface area contributed by atoms with Crippen LogP contribution >= 0.6 is 0 Å². The van der Waals surface area contributed by atoms with Gasteiger partial charge in [-0.2, -0.15) is 0 Å². The highest BCUT2D eigenvalue weighted by Crippen LogP contribution is 2.11. The lowest BCUT2D eigenvalue weighted by molar-refractivity contribution is 0.656. The lowest BCUT2D eigenvalue weighted by Gasteiger charge is -1.95. The monoisotopic (exact) mass is 217 g/mol. The number of hydrogen-bond acceptors (Lipinski definition) is 2. The number of H-pyrrole nitrogens is 1. The Morgan fingerprint density at radius 1 is 1.12 bits per heavy atom. The molecule has 16 heavy (non-hydrogen) atoms. The quantitative estimate of drug-likeness (QED) is 0.780. The maximum absolute atomic E-state index is 4.50. The maximum Gasteiger partial charge on any atom is 0.177 e. The summed E-state index contributed by atoms with van der Waals surface area (Å²) in [7, 11) is 0. The average Bonchev–Trinajstić information content (AvgIpc) is 2.66. The number of pyridine rings is 1. The highest BCUT2D eigenvalue weighted by atomic mass is 15.0. The summed E-state index contributed by atoms with van der Waals surface area (Å²) in [5.41, 5.74) is 2.93. The Labute approximate surface area is 96.3 Å². The molecule has 0 bridgehead atoms. The van der Waals surface area contributed by atoms with Crippen molar-refractivity contribution in [2.24, 2.45) is 0 Å². The second-order valence-corrected chi connectivity index (χ2v) is 4.32. The van der Waals surface area contributed by atoms with Gasteiger partial charge in [0.05, 0.1) is 5.52 Å². The molecule has 2 aromatic heterocycles. The van der Waals surface area contributed by atoms with E-state index in [0.717, 1.165) is 29.1 Å². The molecule has 0 spiro atoms. The summed E-state index contributed by atoms with van der Waals surface area (Å²) in [6.07, 6.45) is 6.14. The van der Waals surface area contributed by atoms with Crippen LogP contribution in [0.15, 0.2) is 12.1 Å². The molecule has 0 aliphatic heterocycles. The highest BCUT2D eigenvalue weighted by Gasteiger charge is 2.03. The minimum Gasteiger partial charge on any atom is -0.341 e. The number of imidazole rings is 1. The zero-order valence-corrected chi connectivity index (χ0v) is 10.1. The van der Waals surface area contributed by atoms with E-state index in [9.17, 15) is 0 Å². The molecule has 2 rings (SSSR count). The molecule has 0 atom stereocenters. The van der Waals surface area contributed by atoms with E-state index in [2.05, 4.69) is 27.9 Å². The van der Waals surface area contributed by atoms with E-state index in [-0.39, 0.29) is 0 Å². The minimum atomic E-state index is 0.852. The highest BCUT2D eigenvalue weighted by molar-refractivity contribution is 5.70. The standard InChI is InChI=1S/C13H19N3/c1-3-4-5-6-7-12-15-11-9-8-10(2)14-13(11)16-12/h8-9H,3-7H2,1-2H3,(H,14,15,16). The lowest BCUT2D eigenvalue weighted by Crippen LogP contribution is -1.88.